The number of hydrogen-bond acceptors (Lipinski definition) is 3. The van der Waals surface area contributed by atoms with E-state index >= 15 is 0 Å². The predicted octanol–water partition coefficient (Wildman–Crippen LogP) is 3.29. The van der Waals surface area contributed by atoms with Crippen molar-refractivity contribution in [1.82, 2.24) is 5.32 Å². The summed E-state index contributed by atoms with van der Waals surface area (Å²) in [5, 5.41) is 13.5. The minimum Gasteiger partial charge on any atom is -0.484 e. The molecule has 0 saturated carbocycles. The van der Waals surface area contributed by atoms with Gasteiger partial charge in [-0.1, -0.05) is 37.0 Å². The second-order valence-electron chi connectivity index (χ2n) is 5.74. The molecule has 0 radical (unpaired) electrons. The summed E-state index contributed by atoms with van der Waals surface area (Å²) in [5.41, 5.74) is -0.923. The first-order valence-electron chi connectivity index (χ1n) is 6.76. The van der Waals surface area contributed by atoms with Gasteiger partial charge in [-0.2, -0.15) is 0 Å². The van der Waals surface area contributed by atoms with Crippen molar-refractivity contribution >= 4 is 29.1 Å². The number of halogens is 2. The largest absolute Gasteiger partial charge is 0.484 e. The number of amides is 1. The number of benzene rings is 1. The lowest BCUT2D eigenvalue weighted by molar-refractivity contribution is -0.124. The Balaban J connectivity index is 2.39. The minimum atomic E-state index is -0.923. The molecule has 0 aliphatic heterocycles. The van der Waals surface area contributed by atoms with Crippen molar-refractivity contribution in [2.45, 2.75) is 32.8 Å². The first kappa shape index (κ1) is 18.1. The van der Waals surface area contributed by atoms with E-state index in [-0.39, 0.29) is 19.1 Å². The van der Waals surface area contributed by atoms with Crippen molar-refractivity contribution in [2.24, 2.45) is 5.92 Å². The molecule has 1 aromatic rings. The summed E-state index contributed by atoms with van der Waals surface area (Å²) in [5.74, 6) is 0.517. The van der Waals surface area contributed by atoms with Crippen LogP contribution in [-0.4, -0.2) is 29.8 Å². The highest BCUT2D eigenvalue weighted by Crippen LogP contribution is 2.26. The topological polar surface area (TPSA) is 58.6 Å². The molecule has 1 unspecified atom stereocenters. The van der Waals surface area contributed by atoms with Crippen molar-refractivity contribution in [3.05, 3.63) is 28.2 Å². The molecule has 0 heterocycles. The third-order valence-electron chi connectivity index (χ3n) is 2.78. The Hall–Kier alpha value is -0.970. The Bertz CT molecular complexity index is 490. The summed E-state index contributed by atoms with van der Waals surface area (Å²) in [4.78, 5) is 11.7. The fraction of sp³-hybridized carbons (Fsp3) is 0.533. The molecule has 6 heteroatoms. The summed E-state index contributed by atoms with van der Waals surface area (Å²) in [7, 11) is 0. The van der Waals surface area contributed by atoms with Gasteiger partial charge in [0, 0.05) is 12.6 Å². The number of ether oxygens (including phenoxy) is 1. The smallest absolute Gasteiger partial charge is 0.258 e. The minimum absolute atomic E-state index is 0.143. The molecule has 0 bridgehead atoms. The lowest BCUT2D eigenvalue weighted by atomic mass is 9.94. The maximum absolute atomic E-state index is 11.7. The molecule has 1 aromatic carbocycles. The molecular weight excluding hydrogens is 313 g/mol. The molecule has 0 spiro atoms. The normalized spacial score (nSPS) is 13.9. The molecule has 1 amide bonds. The third kappa shape index (κ3) is 7.02. The standard InChI is InChI=1S/C15H21Cl2NO3/c1-10(2)7-15(3,20)9-18-14(19)8-21-11-4-5-12(16)13(17)6-11/h4-6,10,20H,7-9H2,1-3H3,(H,18,19). The van der Waals surface area contributed by atoms with Gasteiger partial charge in [0.05, 0.1) is 15.6 Å². The Morgan fingerprint density at radius 1 is 1.38 bits per heavy atom. The molecule has 1 rings (SSSR count). The van der Waals surface area contributed by atoms with Crippen LogP contribution in [0.1, 0.15) is 27.2 Å². The molecule has 0 fully saturated rings. The van der Waals surface area contributed by atoms with Gasteiger partial charge in [-0.15, -0.1) is 0 Å². The van der Waals surface area contributed by atoms with Crippen LogP contribution in [-0.2, 0) is 4.79 Å². The highest BCUT2D eigenvalue weighted by molar-refractivity contribution is 6.42. The lowest BCUT2D eigenvalue weighted by Crippen LogP contribution is -2.43. The van der Waals surface area contributed by atoms with Gasteiger partial charge in [-0.3, -0.25) is 4.79 Å². The van der Waals surface area contributed by atoms with E-state index in [1.807, 2.05) is 13.8 Å². The maximum atomic E-state index is 11.7. The quantitative estimate of drug-likeness (QED) is 0.804. The number of nitrogens with one attached hydrogen (secondary N) is 1. The highest BCUT2D eigenvalue weighted by atomic mass is 35.5. The van der Waals surface area contributed by atoms with E-state index < -0.39 is 5.60 Å². The van der Waals surface area contributed by atoms with E-state index in [9.17, 15) is 9.90 Å². The molecule has 21 heavy (non-hydrogen) atoms. The first-order chi connectivity index (χ1) is 9.69. The molecule has 1 atom stereocenters. The molecule has 118 valence electrons. The van der Waals surface area contributed by atoms with Crippen LogP contribution in [0, 0.1) is 5.92 Å². The van der Waals surface area contributed by atoms with Gasteiger partial charge in [0.2, 0.25) is 0 Å². The lowest BCUT2D eigenvalue weighted by Gasteiger charge is -2.25. The van der Waals surface area contributed by atoms with Gasteiger partial charge in [-0.25, -0.2) is 0 Å². The molecule has 0 aliphatic carbocycles. The van der Waals surface area contributed by atoms with Crippen molar-refractivity contribution in [3.8, 4) is 5.75 Å². The highest BCUT2D eigenvalue weighted by Gasteiger charge is 2.22. The van der Waals surface area contributed by atoms with Gasteiger partial charge >= 0.3 is 0 Å². The molecule has 0 aromatic heterocycles. The van der Waals surface area contributed by atoms with E-state index in [0.29, 0.717) is 28.1 Å². The van der Waals surface area contributed by atoms with Crippen molar-refractivity contribution in [1.29, 1.82) is 0 Å². The predicted molar refractivity (Wildman–Crippen MR) is 85.0 cm³/mol. The molecule has 2 N–H and O–H groups in total. The summed E-state index contributed by atoms with van der Waals surface area (Å²) in [6.07, 6.45) is 0.612. The van der Waals surface area contributed by atoms with Gasteiger partial charge in [0.15, 0.2) is 6.61 Å². The second kappa shape index (κ2) is 7.87. The number of aliphatic hydroxyl groups is 1. The Kier molecular flexibility index (Phi) is 6.78. The third-order valence-corrected chi connectivity index (χ3v) is 3.51. The van der Waals surface area contributed by atoms with Crippen LogP contribution in [0.2, 0.25) is 10.0 Å². The Morgan fingerprint density at radius 2 is 2.05 bits per heavy atom. The van der Waals surface area contributed by atoms with E-state index in [1.54, 1.807) is 25.1 Å². The second-order valence-corrected chi connectivity index (χ2v) is 6.55. The van der Waals surface area contributed by atoms with Crippen LogP contribution in [0.4, 0.5) is 0 Å². The fourth-order valence-electron chi connectivity index (χ4n) is 2.01. The maximum Gasteiger partial charge on any atom is 0.258 e. The summed E-state index contributed by atoms with van der Waals surface area (Å²) < 4.78 is 5.31. The fourth-order valence-corrected chi connectivity index (χ4v) is 2.30. The van der Waals surface area contributed by atoms with E-state index in [4.69, 9.17) is 27.9 Å². The van der Waals surface area contributed by atoms with Gasteiger partial charge in [-0.05, 0) is 31.4 Å². The first-order valence-corrected chi connectivity index (χ1v) is 7.52. The zero-order chi connectivity index (χ0) is 16.0. The van der Waals surface area contributed by atoms with Gasteiger partial charge in [0.25, 0.3) is 5.91 Å². The molecular formula is C15H21Cl2NO3. The van der Waals surface area contributed by atoms with E-state index in [1.165, 1.54) is 0 Å². The van der Waals surface area contributed by atoms with Crippen molar-refractivity contribution in [3.63, 3.8) is 0 Å². The van der Waals surface area contributed by atoms with Crippen LogP contribution >= 0.6 is 23.2 Å². The molecule has 0 aliphatic rings. The average Bonchev–Trinajstić information content (AvgIpc) is 2.36. The van der Waals surface area contributed by atoms with Crippen LogP contribution in [0.3, 0.4) is 0 Å². The SMILES string of the molecule is CC(C)CC(C)(O)CNC(=O)COc1ccc(Cl)c(Cl)c1. The Morgan fingerprint density at radius 3 is 2.62 bits per heavy atom. The van der Waals surface area contributed by atoms with Crippen molar-refractivity contribution < 1.29 is 14.6 Å². The summed E-state index contributed by atoms with van der Waals surface area (Å²) in [6, 6.07) is 4.78. The number of carbonyl (C=O) groups is 1. The van der Waals surface area contributed by atoms with Gasteiger partial charge < -0.3 is 15.2 Å². The zero-order valence-corrected chi connectivity index (χ0v) is 14.0. The molecule has 0 saturated heterocycles. The van der Waals surface area contributed by atoms with Crippen LogP contribution in [0.5, 0.6) is 5.75 Å². The average molecular weight is 334 g/mol. The van der Waals surface area contributed by atoms with Crippen LogP contribution in [0.25, 0.3) is 0 Å². The van der Waals surface area contributed by atoms with Crippen LogP contribution in [0.15, 0.2) is 18.2 Å². The van der Waals surface area contributed by atoms with Crippen LogP contribution < -0.4 is 10.1 Å². The Labute approximate surface area is 135 Å². The number of rotatable bonds is 7. The van der Waals surface area contributed by atoms with Crippen molar-refractivity contribution in [2.75, 3.05) is 13.2 Å². The number of hydrogen-bond donors (Lipinski definition) is 2. The summed E-state index contributed by atoms with van der Waals surface area (Å²) in [6.45, 7) is 5.78. The zero-order valence-electron chi connectivity index (χ0n) is 12.5. The van der Waals surface area contributed by atoms with E-state index in [0.717, 1.165) is 0 Å². The van der Waals surface area contributed by atoms with E-state index in [2.05, 4.69) is 5.32 Å². The van der Waals surface area contributed by atoms with Gasteiger partial charge in [0.1, 0.15) is 5.75 Å². The monoisotopic (exact) mass is 333 g/mol. The number of carbonyl (C=O) groups excluding carboxylic acids is 1. The summed E-state index contributed by atoms with van der Waals surface area (Å²) >= 11 is 11.6. The molecule has 4 nitrogen and oxygen atoms in total.